The van der Waals surface area contributed by atoms with Crippen LogP contribution in [0.3, 0.4) is 0 Å². The molecule has 0 radical (unpaired) electrons. The predicted octanol–water partition coefficient (Wildman–Crippen LogP) is 6.00. The highest BCUT2D eigenvalue weighted by Crippen LogP contribution is 2.22. The number of hydrogen-bond donors (Lipinski definition) is 0. The minimum atomic E-state index is 0.0186. The van der Waals surface area contributed by atoms with Crippen LogP contribution < -0.4 is 14.2 Å². The molecule has 0 atom stereocenters. The number of methoxy groups -OCH3 is 3. The zero-order valence-corrected chi connectivity index (χ0v) is 20.8. The second-order valence-corrected chi connectivity index (χ2v) is 7.31. The smallest absolute Gasteiger partial charge is 0.159 e. The molecular formula is C28H32O6. The van der Waals surface area contributed by atoms with E-state index in [1.54, 1.807) is 76.8 Å². The number of aryl methyl sites for hydroxylation is 1. The van der Waals surface area contributed by atoms with Crippen molar-refractivity contribution in [2.24, 2.45) is 0 Å². The van der Waals surface area contributed by atoms with Gasteiger partial charge in [-0.2, -0.15) is 0 Å². The molecule has 0 heterocycles. The van der Waals surface area contributed by atoms with E-state index in [2.05, 4.69) is 0 Å². The maximum Gasteiger partial charge on any atom is 0.159 e. The van der Waals surface area contributed by atoms with Gasteiger partial charge >= 0.3 is 0 Å². The topological polar surface area (TPSA) is 78.9 Å². The Kier molecular flexibility index (Phi) is 11.8. The second kappa shape index (κ2) is 14.3. The number of ether oxygens (including phenoxy) is 3. The lowest BCUT2D eigenvalue weighted by atomic mass is 10.1. The van der Waals surface area contributed by atoms with E-state index < -0.39 is 0 Å². The molecule has 3 aromatic rings. The molecule has 6 nitrogen and oxygen atoms in total. The minimum Gasteiger partial charge on any atom is -0.497 e. The van der Waals surface area contributed by atoms with Crippen LogP contribution in [0.15, 0.2) is 66.7 Å². The zero-order chi connectivity index (χ0) is 25.7. The summed E-state index contributed by atoms with van der Waals surface area (Å²) in [5, 5.41) is 0. The van der Waals surface area contributed by atoms with Crippen LogP contribution in [-0.4, -0.2) is 38.7 Å². The second-order valence-electron chi connectivity index (χ2n) is 7.31. The largest absolute Gasteiger partial charge is 0.497 e. The Bertz CT molecular complexity index is 1050. The average molecular weight is 465 g/mol. The van der Waals surface area contributed by atoms with Crippen LogP contribution in [0.1, 0.15) is 57.4 Å². The summed E-state index contributed by atoms with van der Waals surface area (Å²) in [6.07, 6.45) is 0. The summed E-state index contributed by atoms with van der Waals surface area (Å²) < 4.78 is 15.1. The monoisotopic (exact) mass is 464 g/mol. The molecule has 34 heavy (non-hydrogen) atoms. The van der Waals surface area contributed by atoms with Crippen LogP contribution in [0.5, 0.6) is 17.2 Å². The van der Waals surface area contributed by atoms with Crippen molar-refractivity contribution in [2.45, 2.75) is 27.7 Å². The van der Waals surface area contributed by atoms with Gasteiger partial charge in [0.2, 0.25) is 0 Å². The summed E-state index contributed by atoms with van der Waals surface area (Å²) in [4.78, 5) is 32.5. The van der Waals surface area contributed by atoms with Crippen LogP contribution in [0.4, 0.5) is 0 Å². The molecule has 0 fully saturated rings. The first-order valence-corrected chi connectivity index (χ1v) is 10.6. The van der Waals surface area contributed by atoms with Gasteiger partial charge in [0.1, 0.15) is 17.2 Å². The van der Waals surface area contributed by atoms with Crippen molar-refractivity contribution in [1.29, 1.82) is 0 Å². The van der Waals surface area contributed by atoms with E-state index in [0.29, 0.717) is 16.7 Å². The van der Waals surface area contributed by atoms with Crippen molar-refractivity contribution in [2.75, 3.05) is 21.3 Å². The summed E-state index contributed by atoms with van der Waals surface area (Å²) >= 11 is 0. The van der Waals surface area contributed by atoms with Crippen LogP contribution in [0, 0.1) is 6.92 Å². The minimum absolute atomic E-state index is 0.0186. The first kappa shape index (κ1) is 28.1. The summed E-state index contributed by atoms with van der Waals surface area (Å²) in [7, 11) is 4.92. The number of Topliss-reactive ketones (excluding diaryl/α,β-unsaturated/α-hetero) is 3. The van der Waals surface area contributed by atoms with E-state index in [4.69, 9.17) is 14.2 Å². The highest BCUT2D eigenvalue weighted by Gasteiger charge is 2.01. The lowest BCUT2D eigenvalue weighted by molar-refractivity contribution is 0.100. The van der Waals surface area contributed by atoms with Gasteiger partial charge in [0, 0.05) is 16.7 Å². The molecule has 6 heteroatoms. The van der Waals surface area contributed by atoms with Crippen molar-refractivity contribution in [3.63, 3.8) is 0 Å². The van der Waals surface area contributed by atoms with Gasteiger partial charge in [-0.3, -0.25) is 14.4 Å². The van der Waals surface area contributed by atoms with Crippen molar-refractivity contribution >= 4 is 17.3 Å². The summed E-state index contributed by atoms with van der Waals surface area (Å²) in [6.45, 7) is 6.54. The number of carbonyl (C=O) groups is 3. The quantitative estimate of drug-likeness (QED) is 0.416. The molecule has 0 aliphatic carbocycles. The van der Waals surface area contributed by atoms with Crippen LogP contribution in [0.25, 0.3) is 0 Å². The van der Waals surface area contributed by atoms with Gasteiger partial charge in [0.25, 0.3) is 0 Å². The lowest BCUT2D eigenvalue weighted by Crippen LogP contribution is -1.95. The fourth-order valence-electron chi connectivity index (χ4n) is 2.74. The highest BCUT2D eigenvalue weighted by atomic mass is 16.5. The lowest BCUT2D eigenvalue weighted by Gasteiger charge is -2.05. The van der Waals surface area contributed by atoms with Gasteiger partial charge in [-0.25, -0.2) is 0 Å². The Labute approximate surface area is 201 Å². The van der Waals surface area contributed by atoms with Gasteiger partial charge < -0.3 is 14.2 Å². The Morgan fingerprint density at radius 2 is 0.882 bits per heavy atom. The van der Waals surface area contributed by atoms with Crippen LogP contribution >= 0.6 is 0 Å². The third kappa shape index (κ3) is 9.28. The summed E-state index contributed by atoms with van der Waals surface area (Å²) in [5.41, 5.74) is 3.08. The van der Waals surface area contributed by atoms with Gasteiger partial charge in [0.15, 0.2) is 17.3 Å². The van der Waals surface area contributed by atoms with E-state index >= 15 is 0 Å². The van der Waals surface area contributed by atoms with E-state index in [-0.39, 0.29) is 17.3 Å². The highest BCUT2D eigenvalue weighted by molar-refractivity contribution is 5.97. The van der Waals surface area contributed by atoms with E-state index in [9.17, 15) is 14.4 Å². The Morgan fingerprint density at radius 3 is 1.18 bits per heavy atom. The molecule has 0 aromatic heterocycles. The third-order valence-corrected chi connectivity index (χ3v) is 4.80. The van der Waals surface area contributed by atoms with Gasteiger partial charge in [-0.15, -0.1) is 0 Å². The molecule has 0 N–H and O–H groups in total. The molecule has 0 saturated carbocycles. The Balaban J connectivity index is 0.000000255. The Hall–Kier alpha value is -3.93. The third-order valence-electron chi connectivity index (χ3n) is 4.80. The van der Waals surface area contributed by atoms with Crippen molar-refractivity contribution in [3.05, 3.63) is 89.0 Å². The standard InChI is InChI=1S/C10H10O2.C9H12O2.C9H10O2/c1-7(11)9-3-5-10(6-4-9)8(2)12;1-7-6-8(10-2)4-5-9(7)11-3;1-7(10)8-3-5-9(11-2)6-4-8/h3-6H,1-2H3;4-6H,1-3H3;3-6H,1-2H3. The first-order valence-electron chi connectivity index (χ1n) is 10.6. The predicted molar refractivity (Wildman–Crippen MR) is 134 cm³/mol. The molecule has 0 unspecified atom stereocenters. The van der Waals surface area contributed by atoms with Gasteiger partial charge in [-0.05, 0) is 75.7 Å². The molecule has 180 valence electrons. The average Bonchev–Trinajstić information content (AvgIpc) is 2.84. The van der Waals surface area contributed by atoms with E-state index in [1.165, 1.54) is 13.8 Å². The van der Waals surface area contributed by atoms with Crippen molar-refractivity contribution < 1.29 is 28.6 Å². The molecule has 0 bridgehead atoms. The molecule has 0 amide bonds. The number of benzene rings is 3. The van der Waals surface area contributed by atoms with Crippen molar-refractivity contribution in [1.82, 2.24) is 0 Å². The molecular weight excluding hydrogens is 432 g/mol. The molecule has 3 aromatic carbocycles. The maximum atomic E-state index is 10.8. The maximum absolute atomic E-state index is 10.8. The summed E-state index contributed by atoms with van der Waals surface area (Å²) in [6, 6.07) is 19.4. The van der Waals surface area contributed by atoms with E-state index in [0.717, 1.165) is 22.8 Å². The SMILES string of the molecule is CC(=O)c1ccc(C(C)=O)cc1.COc1ccc(C(C)=O)cc1.COc1ccc(OC)c(C)c1. The number of rotatable bonds is 6. The zero-order valence-electron chi connectivity index (χ0n) is 20.8. The van der Waals surface area contributed by atoms with Crippen molar-refractivity contribution in [3.8, 4) is 17.2 Å². The van der Waals surface area contributed by atoms with Gasteiger partial charge in [0.05, 0.1) is 21.3 Å². The molecule has 0 spiro atoms. The molecule has 0 saturated heterocycles. The number of hydrogen-bond acceptors (Lipinski definition) is 6. The molecule has 3 rings (SSSR count). The van der Waals surface area contributed by atoms with E-state index in [1.807, 2.05) is 25.1 Å². The Morgan fingerprint density at radius 1 is 0.529 bits per heavy atom. The van der Waals surface area contributed by atoms with Crippen LogP contribution in [-0.2, 0) is 0 Å². The van der Waals surface area contributed by atoms with Crippen LogP contribution in [0.2, 0.25) is 0 Å². The summed E-state index contributed by atoms with van der Waals surface area (Å²) in [5.74, 6) is 2.65. The van der Waals surface area contributed by atoms with Gasteiger partial charge in [-0.1, -0.05) is 24.3 Å². The normalized spacial score (nSPS) is 9.38. The molecule has 0 aliphatic heterocycles. The molecule has 0 aliphatic rings. The first-order chi connectivity index (χ1) is 16.1. The number of ketones is 3. The number of carbonyl (C=O) groups excluding carboxylic acids is 3. The fourth-order valence-corrected chi connectivity index (χ4v) is 2.74. The fraction of sp³-hybridized carbons (Fsp3) is 0.250.